The third kappa shape index (κ3) is 2.40. The molecule has 19 heavy (non-hydrogen) atoms. The molecule has 0 bridgehead atoms. The molecule has 3 rings (SSSR count). The summed E-state index contributed by atoms with van der Waals surface area (Å²) < 4.78 is 24.8. The van der Waals surface area contributed by atoms with Crippen LogP contribution in [-0.4, -0.2) is 43.9 Å². The van der Waals surface area contributed by atoms with Gasteiger partial charge in [0.2, 0.25) is 0 Å². The Kier molecular flexibility index (Phi) is 3.56. The number of likely N-dealkylation sites (tertiary alicyclic amines) is 1. The second-order valence-corrected chi connectivity index (χ2v) is 5.59. The van der Waals surface area contributed by atoms with Gasteiger partial charge in [-0.05, 0) is 12.5 Å². The number of nitrogens with zero attached hydrogens (tertiary/aromatic N) is 1. The highest BCUT2D eigenvalue weighted by Crippen LogP contribution is 2.40. The Morgan fingerprint density at radius 2 is 2.21 bits per heavy atom. The molecule has 0 N–H and O–H groups in total. The zero-order chi connectivity index (χ0) is 13.3. The topological polar surface area (TPSA) is 21.7 Å². The van der Waals surface area contributed by atoms with Gasteiger partial charge in [0.25, 0.3) is 0 Å². The molecule has 1 atom stereocenters. The monoisotopic (exact) mass is 265 g/mol. The van der Waals surface area contributed by atoms with Gasteiger partial charge in [0.05, 0.1) is 12.2 Å². The molecule has 0 radical (unpaired) electrons. The van der Waals surface area contributed by atoms with Gasteiger partial charge in [0, 0.05) is 44.8 Å². The van der Waals surface area contributed by atoms with E-state index < -0.39 is 0 Å². The molecule has 2 aliphatic rings. The van der Waals surface area contributed by atoms with Crippen LogP contribution < -0.4 is 0 Å². The summed E-state index contributed by atoms with van der Waals surface area (Å²) in [6.45, 7) is 4.01. The predicted octanol–water partition coefficient (Wildman–Crippen LogP) is 2.06. The van der Waals surface area contributed by atoms with Crippen LogP contribution in [0.5, 0.6) is 0 Å². The number of methoxy groups -OCH3 is 1. The number of ether oxygens (including phenoxy) is 2. The Balaban J connectivity index is 1.59. The lowest BCUT2D eigenvalue weighted by atomic mass is 9.81. The van der Waals surface area contributed by atoms with Gasteiger partial charge in [-0.25, -0.2) is 4.39 Å². The summed E-state index contributed by atoms with van der Waals surface area (Å²) in [4.78, 5) is 2.24. The Hall–Kier alpha value is -0.970. The minimum atomic E-state index is -0.121. The smallest absolute Gasteiger partial charge is 0.127 e. The molecule has 104 valence electrons. The van der Waals surface area contributed by atoms with Crippen LogP contribution in [0.15, 0.2) is 24.3 Å². The summed E-state index contributed by atoms with van der Waals surface area (Å²) in [5.74, 6) is 0.360. The standard InChI is InChI=1S/C15H20FNO2/c1-18-9-13-6-7-19-15(13)10-17(11-15)8-12-4-2-3-5-14(12)16/h2-5,13H,6-11H2,1H3/t13-/m0/s1. The number of rotatable bonds is 4. The highest BCUT2D eigenvalue weighted by molar-refractivity contribution is 5.18. The quantitative estimate of drug-likeness (QED) is 0.832. The molecule has 1 aromatic carbocycles. The molecule has 2 aliphatic heterocycles. The van der Waals surface area contributed by atoms with E-state index in [1.807, 2.05) is 12.1 Å². The molecule has 2 heterocycles. The minimum absolute atomic E-state index is 0.0404. The molecule has 0 unspecified atom stereocenters. The molecule has 0 amide bonds. The van der Waals surface area contributed by atoms with E-state index >= 15 is 0 Å². The third-order valence-electron chi connectivity index (χ3n) is 4.30. The largest absolute Gasteiger partial charge is 0.384 e. The fourth-order valence-electron chi connectivity index (χ4n) is 3.26. The van der Waals surface area contributed by atoms with Crippen molar-refractivity contribution >= 4 is 0 Å². The third-order valence-corrected chi connectivity index (χ3v) is 4.30. The molecule has 4 heteroatoms. The molecule has 1 aromatic rings. The second kappa shape index (κ2) is 5.19. The Morgan fingerprint density at radius 1 is 1.42 bits per heavy atom. The highest BCUT2D eigenvalue weighted by atomic mass is 19.1. The van der Waals surface area contributed by atoms with Gasteiger partial charge in [-0.3, -0.25) is 4.90 Å². The first-order chi connectivity index (χ1) is 9.23. The van der Waals surface area contributed by atoms with Crippen molar-refractivity contribution in [2.75, 3.05) is 33.4 Å². The van der Waals surface area contributed by atoms with Crippen LogP contribution in [0.3, 0.4) is 0 Å². The number of hydrogen-bond donors (Lipinski definition) is 0. The first-order valence-electron chi connectivity index (χ1n) is 6.82. The van der Waals surface area contributed by atoms with Crippen molar-refractivity contribution in [1.82, 2.24) is 4.90 Å². The van der Waals surface area contributed by atoms with Crippen molar-refractivity contribution in [2.24, 2.45) is 5.92 Å². The van der Waals surface area contributed by atoms with Gasteiger partial charge in [0.1, 0.15) is 5.82 Å². The van der Waals surface area contributed by atoms with E-state index in [0.717, 1.165) is 38.3 Å². The summed E-state index contributed by atoms with van der Waals surface area (Å²) in [7, 11) is 1.74. The molecule has 3 nitrogen and oxygen atoms in total. The fraction of sp³-hybridized carbons (Fsp3) is 0.600. The SMILES string of the molecule is COC[C@@H]1CCOC12CN(Cc1ccccc1F)C2. The summed E-state index contributed by atoms with van der Waals surface area (Å²) in [5.41, 5.74) is 0.722. The minimum Gasteiger partial charge on any atom is -0.384 e. The fourth-order valence-corrected chi connectivity index (χ4v) is 3.26. The van der Waals surface area contributed by atoms with Crippen molar-refractivity contribution in [1.29, 1.82) is 0 Å². The van der Waals surface area contributed by atoms with Crippen molar-refractivity contribution in [3.63, 3.8) is 0 Å². The van der Waals surface area contributed by atoms with Gasteiger partial charge in [-0.15, -0.1) is 0 Å². The van der Waals surface area contributed by atoms with E-state index in [1.54, 1.807) is 13.2 Å². The normalized spacial score (nSPS) is 25.7. The van der Waals surface area contributed by atoms with Crippen molar-refractivity contribution in [2.45, 2.75) is 18.6 Å². The van der Waals surface area contributed by atoms with Crippen LogP contribution in [0.2, 0.25) is 0 Å². The van der Waals surface area contributed by atoms with Gasteiger partial charge in [0.15, 0.2) is 0 Å². The number of hydrogen-bond acceptors (Lipinski definition) is 3. The number of benzene rings is 1. The first kappa shape index (κ1) is 13.0. The van der Waals surface area contributed by atoms with Crippen LogP contribution in [-0.2, 0) is 16.0 Å². The summed E-state index contributed by atoms with van der Waals surface area (Å²) in [6, 6.07) is 6.98. The van der Waals surface area contributed by atoms with Crippen LogP contribution in [0.25, 0.3) is 0 Å². The lowest BCUT2D eigenvalue weighted by Gasteiger charge is -2.50. The molecular weight excluding hydrogens is 245 g/mol. The van der Waals surface area contributed by atoms with Crippen LogP contribution in [0, 0.1) is 11.7 Å². The number of halogens is 1. The van der Waals surface area contributed by atoms with E-state index in [0.29, 0.717) is 12.5 Å². The Bertz CT molecular complexity index is 446. The summed E-state index contributed by atoms with van der Waals surface area (Å²) >= 11 is 0. The maximum atomic E-state index is 13.6. The maximum absolute atomic E-state index is 13.6. The van der Waals surface area contributed by atoms with Gasteiger partial charge in [-0.2, -0.15) is 0 Å². The van der Waals surface area contributed by atoms with Gasteiger partial charge in [-0.1, -0.05) is 18.2 Å². The molecule has 1 spiro atoms. The molecule has 0 saturated carbocycles. The van der Waals surface area contributed by atoms with E-state index in [1.165, 1.54) is 6.07 Å². The predicted molar refractivity (Wildman–Crippen MR) is 70.3 cm³/mol. The zero-order valence-electron chi connectivity index (χ0n) is 11.3. The Labute approximate surface area is 113 Å². The zero-order valence-corrected chi connectivity index (χ0v) is 11.3. The molecule has 0 aliphatic carbocycles. The van der Waals surface area contributed by atoms with Crippen molar-refractivity contribution in [3.05, 3.63) is 35.6 Å². The van der Waals surface area contributed by atoms with Gasteiger partial charge < -0.3 is 9.47 Å². The summed E-state index contributed by atoms with van der Waals surface area (Å²) in [5, 5.41) is 0. The highest BCUT2D eigenvalue weighted by Gasteiger charge is 2.52. The average Bonchev–Trinajstić information content (AvgIpc) is 2.76. The van der Waals surface area contributed by atoms with Crippen LogP contribution >= 0.6 is 0 Å². The molecule has 0 aromatic heterocycles. The lowest BCUT2D eigenvalue weighted by molar-refractivity contribution is -0.144. The Morgan fingerprint density at radius 3 is 2.95 bits per heavy atom. The van der Waals surface area contributed by atoms with E-state index in [-0.39, 0.29) is 11.4 Å². The van der Waals surface area contributed by atoms with Crippen molar-refractivity contribution in [3.8, 4) is 0 Å². The maximum Gasteiger partial charge on any atom is 0.127 e. The summed E-state index contributed by atoms with van der Waals surface area (Å²) in [6.07, 6.45) is 1.07. The van der Waals surface area contributed by atoms with Gasteiger partial charge >= 0.3 is 0 Å². The second-order valence-electron chi connectivity index (χ2n) is 5.59. The van der Waals surface area contributed by atoms with Crippen LogP contribution in [0.1, 0.15) is 12.0 Å². The lowest BCUT2D eigenvalue weighted by Crippen LogP contribution is -2.64. The molecular formula is C15H20FNO2. The van der Waals surface area contributed by atoms with E-state index in [9.17, 15) is 4.39 Å². The van der Waals surface area contributed by atoms with Crippen LogP contribution in [0.4, 0.5) is 4.39 Å². The molecule has 2 fully saturated rings. The average molecular weight is 265 g/mol. The van der Waals surface area contributed by atoms with E-state index in [2.05, 4.69) is 4.90 Å². The molecule has 2 saturated heterocycles. The van der Waals surface area contributed by atoms with E-state index in [4.69, 9.17) is 9.47 Å². The first-order valence-corrected chi connectivity index (χ1v) is 6.82. The van der Waals surface area contributed by atoms with Crippen molar-refractivity contribution < 1.29 is 13.9 Å².